The Morgan fingerprint density at radius 2 is 1.91 bits per heavy atom. The van der Waals surface area contributed by atoms with Gasteiger partial charge in [-0.05, 0) is 61.8 Å². The smallest absolute Gasteiger partial charge is 0.228 e. The minimum absolute atomic E-state index is 0.0532. The molecule has 168 valence electrons. The quantitative estimate of drug-likeness (QED) is 0.679. The number of aryl methyl sites for hydroxylation is 2. The Hall–Kier alpha value is -2.84. The van der Waals surface area contributed by atoms with E-state index in [0.29, 0.717) is 11.9 Å². The van der Waals surface area contributed by atoms with Crippen LogP contribution < -0.4 is 5.32 Å². The van der Waals surface area contributed by atoms with Crippen LogP contribution in [0.4, 0.5) is 5.82 Å². The molecule has 1 aliphatic heterocycles. The molecule has 1 aromatic carbocycles. The van der Waals surface area contributed by atoms with E-state index in [1.807, 2.05) is 25.5 Å². The number of carbonyl (C=O) groups is 1. The van der Waals surface area contributed by atoms with Gasteiger partial charge in [-0.2, -0.15) is 0 Å². The highest BCUT2D eigenvalue weighted by Gasteiger charge is 2.30. The SMILES string of the molecule is Cc1cc(-c2cn(C)nn2)cc2cc(NC(=O)C3CCC(N4CCOCC4)CC3)ncc12. The van der Waals surface area contributed by atoms with Crippen LogP contribution in [0.2, 0.25) is 0 Å². The van der Waals surface area contributed by atoms with Gasteiger partial charge in [0.05, 0.1) is 19.4 Å². The number of carbonyl (C=O) groups excluding carboxylic acids is 1. The van der Waals surface area contributed by atoms with E-state index in [4.69, 9.17) is 4.74 Å². The van der Waals surface area contributed by atoms with Crippen LogP contribution in [0.15, 0.2) is 30.6 Å². The van der Waals surface area contributed by atoms with E-state index in [0.717, 1.165) is 79.6 Å². The highest BCUT2D eigenvalue weighted by Crippen LogP contribution is 2.30. The second-order valence-corrected chi connectivity index (χ2v) is 9.00. The van der Waals surface area contributed by atoms with Crippen LogP contribution >= 0.6 is 0 Å². The zero-order valence-electron chi connectivity index (χ0n) is 18.8. The number of pyridine rings is 1. The van der Waals surface area contributed by atoms with Gasteiger partial charge in [0, 0.05) is 49.2 Å². The zero-order valence-corrected chi connectivity index (χ0v) is 18.8. The maximum atomic E-state index is 12.9. The van der Waals surface area contributed by atoms with Crippen molar-refractivity contribution in [3.63, 3.8) is 0 Å². The highest BCUT2D eigenvalue weighted by atomic mass is 16.5. The summed E-state index contributed by atoms with van der Waals surface area (Å²) in [5.41, 5.74) is 2.96. The van der Waals surface area contributed by atoms with Crippen molar-refractivity contribution in [1.82, 2.24) is 24.9 Å². The Morgan fingerprint density at radius 3 is 2.62 bits per heavy atom. The third kappa shape index (κ3) is 4.38. The number of aromatic nitrogens is 4. The van der Waals surface area contributed by atoms with Crippen molar-refractivity contribution in [2.45, 2.75) is 38.6 Å². The van der Waals surface area contributed by atoms with Crippen LogP contribution in [0.25, 0.3) is 22.0 Å². The summed E-state index contributed by atoms with van der Waals surface area (Å²) in [5, 5.41) is 13.4. The van der Waals surface area contributed by atoms with Crippen LogP contribution in [-0.2, 0) is 16.6 Å². The van der Waals surface area contributed by atoms with Gasteiger partial charge in [-0.25, -0.2) is 4.98 Å². The number of anilines is 1. The summed E-state index contributed by atoms with van der Waals surface area (Å²) >= 11 is 0. The van der Waals surface area contributed by atoms with E-state index in [1.165, 1.54) is 0 Å². The van der Waals surface area contributed by atoms with E-state index in [1.54, 1.807) is 4.68 Å². The monoisotopic (exact) mass is 434 g/mol. The first-order chi connectivity index (χ1) is 15.6. The average Bonchev–Trinajstić information content (AvgIpc) is 3.26. The van der Waals surface area contributed by atoms with E-state index in [9.17, 15) is 4.79 Å². The van der Waals surface area contributed by atoms with Crippen LogP contribution in [-0.4, -0.2) is 63.1 Å². The summed E-state index contributed by atoms with van der Waals surface area (Å²) in [6, 6.07) is 6.72. The van der Waals surface area contributed by atoms with E-state index in [-0.39, 0.29) is 11.8 Å². The molecule has 0 atom stereocenters. The van der Waals surface area contributed by atoms with Gasteiger partial charge in [-0.3, -0.25) is 14.4 Å². The van der Waals surface area contributed by atoms with Gasteiger partial charge >= 0.3 is 0 Å². The number of nitrogens with zero attached hydrogens (tertiary/aromatic N) is 5. The Labute approximate surface area is 188 Å². The fourth-order valence-electron chi connectivity index (χ4n) is 5.01. The second kappa shape index (κ2) is 8.96. The van der Waals surface area contributed by atoms with Crippen molar-refractivity contribution in [3.8, 4) is 11.3 Å². The van der Waals surface area contributed by atoms with Gasteiger partial charge in [-0.1, -0.05) is 5.21 Å². The van der Waals surface area contributed by atoms with Gasteiger partial charge in [-0.15, -0.1) is 5.10 Å². The third-order valence-corrected chi connectivity index (χ3v) is 6.82. The van der Waals surface area contributed by atoms with Gasteiger partial charge in [0.25, 0.3) is 0 Å². The second-order valence-electron chi connectivity index (χ2n) is 9.00. The first kappa shape index (κ1) is 21.0. The summed E-state index contributed by atoms with van der Waals surface area (Å²) in [5.74, 6) is 0.741. The third-order valence-electron chi connectivity index (χ3n) is 6.82. The summed E-state index contributed by atoms with van der Waals surface area (Å²) in [7, 11) is 1.86. The Bertz CT molecular complexity index is 1110. The molecular formula is C24H30N6O2. The Balaban J connectivity index is 1.27. The molecule has 2 fully saturated rings. The molecule has 0 bridgehead atoms. The van der Waals surface area contributed by atoms with E-state index in [2.05, 4.69) is 44.6 Å². The molecule has 1 N–H and O–H groups in total. The van der Waals surface area contributed by atoms with Crippen LogP contribution in [0.1, 0.15) is 31.2 Å². The van der Waals surface area contributed by atoms with Crippen molar-refractivity contribution in [3.05, 3.63) is 36.2 Å². The molecule has 2 aromatic heterocycles. The number of fused-ring (bicyclic) bond motifs is 1. The minimum atomic E-state index is 0.0532. The van der Waals surface area contributed by atoms with Crippen molar-refractivity contribution < 1.29 is 9.53 Å². The van der Waals surface area contributed by atoms with Crippen molar-refractivity contribution in [1.29, 1.82) is 0 Å². The number of rotatable bonds is 4. The molecule has 1 amide bonds. The maximum Gasteiger partial charge on any atom is 0.228 e. The number of nitrogens with one attached hydrogen (secondary N) is 1. The maximum absolute atomic E-state index is 12.9. The Kier molecular flexibility index (Phi) is 5.89. The number of benzene rings is 1. The van der Waals surface area contributed by atoms with Crippen LogP contribution in [0.5, 0.6) is 0 Å². The molecule has 0 spiro atoms. The van der Waals surface area contributed by atoms with Crippen molar-refractivity contribution >= 4 is 22.5 Å². The largest absolute Gasteiger partial charge is 0.379 e. The molecule has 1 saturated carbocycles. The Morgan fingerprint density at radius 1 is 1.12 bits per heavy atom. The highest BCUT2D eigenvalue weighted by molar-refractivity contribution is 5.95. The molecule has 8 heteroatoms. The first-order valence-corrected chi connectivity index (χ1v) is 11.5. The fourth-order valence-corrected chi connectivity index (χ4v) is 5.01. The fraction of sp³-hybridized carbons (Fsp3) is 0.500. The van der Waals surface area contributed by atoms with Crippen LogP contribution in [0, 0.1) is 12.8 Å². The van der Waals surface area contributed by atoms with Gasteiger partial charge < -0.3 is 10.1 Å². The molecule has 1 saturated heterocycles. The molecule has 0 radical (unpaired) electrons. The average molecular weight is 435 g/mol. The number of ether oxygens (including phenoxy) is 1. The molecular weight excluding hydrogens is 404 g/mol. The lowest BCUT2D eigenvalue weighted by molar-refractivity contribution is -0.121. The number of amides is 1. The molecule has 5 rings (SSSR count). The lowest BCUT2D eigenvalue weighted by Crippen LogP contribution is -2.45. The zero-order chi connectivity index (χ0) is 22.1. The van der Waals surface area contributed by atoms with Gasteiger partial charge in [0.1, 0.15) is 11.5 Å². The number of hydrogen-bond donors (Lipinski definition) is 1. The summed E-state index contributed by atoms with van der Waals surface area (Å²) in [6.45, 7) is 5.74. The minimum Gasteiger partial charge on any atom is -0.379 e. The molecule has 1 aliphatic carbocycles. The molecule has 0 unspecified atom stereocenters. The summed E-state index contributed by atoms with van der Waals surface area (Å²) < 4.78 is 7.16. The normalized spacial score (nSPS) is 22.2. The summed E-state index contributed by atoms with van der Waals surface area (Å²) in [6.07, 6.45) is 7.75. The first-order valence-electron chi connectivity index (χ1n) is 11.5. The summed E-state index contributed by atoms with van der Waals surface area (Å²) in [4.78, 5) is 20.0. The molecule has 8 nitrogen and oxygen atoms in total. The number of morpholine rings is 1. The van der Waals surface area contributed by atoms with E-state index >= 15 is 0 Å². The molecule has 2 aliphatic rings. The van der Waals surface area contributed by atoms with Crippen LogP contribution in [0.3, 0.4) is 0 Å². The molecule has 3 aromatic rings. The lowest BCUT2D eigenvalue weighted by Gasteiger charge is -2.38. The lowest BCUT2D eigenvalue weighted by atomic mass is 9.84. The van der Waals surface area contributed by atoms with Gasteiger partial charge in [0.2, 0.25) is 5.91 Å². The molecule has 32 heavy (non-hydrogen) atoms. The van der Waals surface area contributed by atoms with Crippen molar-refractivity contribution in [2.75, 3.05) is 31.6 Å². The number of hydrogen-bond acceptors (Lipinski definition) is 6. The standard InChI is InChI=1S/C24H30N6O2/c1-16-11-19(22-15-29(2)28-27-22)12-18-13-23(25-14-21(16)18)26-24(31)17-3-5-20(6-4-17)30-7-9-32-10-8-30/h11-15,17,20H,3-10H2,1-2H3,(H,25,26,31). The topological polar surface area (TPSA) is 85.2 Å². The van der Waals surface area contributed by atoms with Gasteiger partial charge in [0.15, 0.2) is 0 Å². The predicted molar refractivity (Wildman–Crippen MR) is 123 cm³/mol. The van der Waals surface area contributed by atoms with Crippen molar-refractivity contribution in [2.24, 2.45) is 13.0 Å². The molecule has 3 heterocycles. The van der Waals surface area contributed by atoms with E-state index < -0.39 is 0 Å². The predicted octanol–water partition coefficient (Wildman–Crippen LogP) is 3.17.